The second kappa shape index (κ2) is 8.39. The van der Waals surface area contributed by atoms with Crippen LogP contribution >= 0.6 is 0 Å². The van der Waals surface area contributed by atoms with Gasteiger partial charge >= 0.3 is 0 Å². The first-order chi connectivity index (χ1) is 12.7. The van der Waals surface area contributed by atoms with Crippen molar-refractivity contribution in [2.75, 3.05) is 20.3 Å². The Balaban J connectivity index is 1.70. The van der Waals surface area contributed by atoms with E-state index in [-0.39, 0.29) is 24.4 Å². The minimum atomic E-state index is -0.204. The Kier molecular flexibility index (Phi) is 5.75. The molecule has 0 atom stereocenters. The second-order valence-electron chi connectivity index (χ2n) is 5.82. The average Bonchev–Trinajstić information content (AvgIpc) is 3.10. The number of amides is 1. The molecule has 0 radical (unpaired) electrons. The first-order valence-corrected chi connectivity index (χ1v) is 8.45. The molecule has 0 saturated heterocycles. The van der Waals surface area contributed by atoms with Gasteiger partial charge in [0, 0.05) is 33.2 Å². The molecule has 136 valence electrons. The van der Waals surface area contributed by atoms with Gasteiger partial charge in [0.15, 0.2) is 5.65 Å². The van der Waals surface area contributed by atoms with Crippen molar-refractivity contribution in [1.29, 1.82) is 0 Å². The summed E-state index contributed by atoms with van der Waals surface area (Å²) in [6.45, 7) is 1.43. The number of benzene rings is 1. The lowest BCUT2D eigenvalue weighted by Gasteiger charge is -2.07. The van der Waals surface area contributed by atoms with E-state index >= 15 is 0 Å². The van der Waals surface area contributed by atoms with Crippen molar-refractivity contribution >= 4 is 16.9 Å². The number of rotatable bonds is 8. The van der Waals surface area contributed by atoms with E-state index in [9.17, 15) is 9.59 Å². The van der Waals surface area contributed by atoms with Crippen molar-refractivity contribution in [1.82, 2.24) is 24.6 Å². The van der Waals surface area contributed by atoms with E-state index in [4.69, 9.17) is 4.74 Å². The fourth-order valence-corrected chi connectivity index (χ4v) is 2.62. The number of aryl methyl sites for hydroxylation is 1. The standard InChI is InChI=1S/C18H21N5O3/c1-26-11-5-9-19-16(24)8-10-22-13-20-17-15(18(22)25)12-21-23(17)14-6-3-2-4-7-14/h2-4,6-7,12-13H,5,8-11H2,1H3,(H,19,24). The first-order valence-electron chi connectivity index (χ1n) is 8.45. The highest BCUT2D eigenvalue weighted by molar-refractivity contribution is 5.76. The van der Waals surface area contributed by atoms with Gasteiger partial charge in [-0.25, -0.2) is 9.67 Å². The lowest BCUT2D eigenvalue weighted by atomic mass is 10.3. The molecule has 0 aliphatic heterocycles. The number of hydrogen-bond acceptors (Lipinski definition) is 5. The summed E-state index contributed by atoms with van der Waals surface area (Å²) >= 11 is 0. The third kappa shape index (κ3) is 3.97. The number of fused-ring (bicyclic) bond motifs is 1. The SMILES string of the molecule is COCCCNC(=O)CCn1cnc2c(cnn2-c2ccccc2)c1=O. The number of hydrogen-bond donors (Lipinski definition) is 1. The van der Waals surface area contributed by atoms with Crippen LogP contribution < -0.4 is 10.9 Å². The fourth-order valence-electron chi connectivity index (χ4n) is 2.62. The van der Waals surface area contributed by atoms with Gasteiger partial charge in [0.1, 0.15) is 5.39 Å². The summed E-state index contributed by atoms with van der Waals surface area (Å²) in [5.74, 6) is -0.104. The van der Waals surface area contributed by atoms with Crippen molar-refractivity contribution in [2.24, 2.45) is 0 Å². The molecule has 0 spiro atoms. The predicted molar refractivity (Wildman–Crippen MR) is 97.2 cm³/mol. The Bertz CT molecular complexity index is 933. The zero-order valence-electron chi connectivity index (χ0n) is 14.6. The van der Waals surface area contributed by atoms with Crippen molar-refractivity contribution in [3.05, 3.63) is 53.2 Å². The number of nitrogens with one attached hydrogen (secondary N) is 1. The minimum Gasteiger partial charge on any atom is -0.385 e. The Morgan fingerprint density at radius 2 is 2.08 bits per heavy atom. The van der Waals surface area contributed by atoms with Gasteiger partial charge in [-0.05, 0) is 18.6 Å². The molecule has 1 amide bonds. The minimum absolute atomic E-state index is 0.104. The Morgan fingerprint density at radius 3 is 2.85 bits per heavy atom. The molecule has 0 aliphatic rings. The lowest BCUT2D eigenvalue weighted by molar-refractivity contribution is -0.121. The van der Waals surface area contributed by atoms with Gasteiger partial charge in [-0.3, -0.25) is 14.2 Å². The number of carbonyl (C=O) groups is 1. The molecule has 0 bridgehead atoms. The summed E-state index contributed by atoms with van der Waals surface area (Å²) in [7, 11) is 1.62. The summed E-state index contributed by atoms with van der Waals surface area (Å²) in [4.78, 5) is 28.8. The van der Waals surface area contributed by atoms with Crippen LogP contribution in [0.5, 0.6) is 0 Å². The van der Waals surface area contributed by atoms with Crippen molar-refractivity contribution < 1.29 is 9.53 Å². The van der Waals surface area contributed by atoms with E-state index in [2.05, 4.69) is 15.4 Å². The molecule has 8 heteroatoms. The molecule has 2 heterocycles. The van der Waals surface area contributed by atoms with E-state index in [0.29, 0.717) is 24.2 Å². The molecule has 0 aliphatic carbocycles. The lowest BCUT2D eigenvalue weighted by Crippen LogP contribution is -2.28. The van der Waals surface area contributed by atoms with Crippen LogP contribution in [0, 0.1) is 0 Å². The molecule has 0 fully saturated rings. The van der Waals surface area contributed by atoms with Gasteiger partial charge < -0.3 is 10.1 Å². The molecule has 26 heavy (non-hydrogen) atoms. The quantitative estimate of drug-likeness (QED) is 0.612. The van der Waals surface area contributed by atoms with Crippen LogP contribution in [-0.2, 0) is 16.1 Å². The summed E-state index contributed by atoms with van der Waals surface area (Å²) in [6.07, 6.45) is 3.95. The van der Waals surface area contributed by atoms with E-state index < -0.39 is 0 Å². The molecular weight excluding hydrogens is 334 g/mol. The smallest absolute Gasteiger partial charge is 0.264 e. The van der Waals surface area contributed by atoms with Gasteiger partial charge in [-0.2, -0.15) is 5.10 Å². The van der Waals surface area contributed by atoms with Gasteiger partial charge in [0.2, 0.25) is 5.91 Å². The number of nitrogens with zero attached hydrogens (tertiary/aromatic N) is 4. The second-order valence-corrected chi connectivity index (χ2v) is 5.82. The molecular formula is C18H21N5O3. The molecule has 1 aromatic carbocycles. The van der Waals surface area contributed by atoms with E-state index in [1.807, 2.05) is 30.3 Å². The summed E-state index contributed by atoms with van der Waals surface area (Å²) < 4.78 is 8.00. The van der Waals surface area contributed by atoms with E-state index in [1.54, 1.807) is 11.8 Å². The van der Waals surface area contributed by atoms with Crippen LogP contribution in [0.4, 0.5) is 0 Å². The van der Waals surface area contributed by atoms with Crippen molar-refractivity contribution in [3.63, 3.8) is 0 Å². The zero-order chi connectivity index (χ0) is 18.4. The average molecular weight is 355 g/mol. The number of carbonyl (C=O) groups excluding carboxylic acids is 1. The van der Waals surface area contributed by atoms with E-state index in [1.165, 1.54) is 17.1 Å². The molecule has 1 N–H and O–H groups in total. The zero-order valence-corrected chi connectivity index (χ0v) is 14.6. The van der Waals surface area contributed by atoms with Gasteiger partial charge in [-0.1, -0.05) is 18.2 Å². The maximum absolute atomic E-state index is 12.6. The maximum atomic E-state index is 12.6. The summed E-state index contributed by atoms with van der Waals surface area (Å²) in [5, 5.41) is 7.50. The van der Waals surface area contributed by atoms with Gasteiger partial charge in [0.05, 0.1) is 18.2 Å². The third-order valence-electron chi connectivity index (χ3n) is 3.98. The largest absolute Gasteiger partial charge is 0.385 e. The van der Waals surface area contributed by atoms with Crippen LogP contribution in [0.25, 0.3) is 16.7 Å². The maximum Gasteiger partial charge on any atom is 0.264 e. The normalized spacial score (nSPS) is 11.0. The highest BCUT2D eigenvalue weighted by atomic mass is 16.5. The predicted octanol–water partition coefficient (Wildman–Crippen LogP) is 1.12. The van der Waals surface area contributed by atoms with Crippen LogP contribution in [-0.4, -0.2) is 45.5 Å². The number of aromatic nitrogens is 4. The fraction of sp³-hybridized carbons (Fsp3) is 0.333. The number of ether oxygens (including phenoxy) is 1. The number of para-hydroxylation sites is 1. The van der Waals surface area contributed by atoms with Gasteiger partial charge in [0.25, 0.3) is 5.56 Å². The highest BCUT2D eigenvalue weighted by Crippen LogP contribution is 2.12. The molecule has 0 unspecified atom stereocenters. The molecule has 2 aromatic heterocycles. The summed E-state index contributed by atoms with van der Waals surface area (Å²) in [6, 6.07) is 9.50. The Labute approximate surface area is 150 Å². The van der Waals surface area contributed by atoms with Crippen LogP contribution in [0.3, 0.4) is 0 Å². The monoisotopic (exact) mass is 355 g/mol. The Morgan fingerprint density at radius 1 is 1.27 bits per heavy atom. The molecule has 0 saturated carbocycles. The highest BCUT2D eigenvalue weighted by Gasteiger charge is 2.12. The molecule has 3 aromatic rings. The summed E-state index contributed by atoms with van der Waals surface area (Å²) in [5.41, 5.74) is 1.13. The van der Waals surface area contributed by atoms with Crippen molar-refractivity contribution in [2.45, 2.75) is 19.4 Å². The van der Waals surface area contributed by atoms with Gasteiger partial charge in [-0.15, -0.1) is 0 Å². The van der Waals surface area contributed by atoms with E-state index in [0.717, 1.165) is 12.1 Å². The van der Waals surface area contributed by atoms with Crippen LogP contribution in [0.2, 0.25) is 0 Å². The first kappa shape index (κ1) is 17.8. The number of methoxy groups -OCH3 is 1. The van der Waals surface area contributed by atoms with Crippen LogP contribution in [0.1, 0.15) is 12.8 Å². The van der Waals surface area contributed by atoms with Crippen molar-refractivity contribution in [3.8, 4) is 5.69 Å². The third-order valence-corrected chi connectivity index (χ3v) is 3.98. The molecule has 8 nitrogen and oxygen atoms in total. The van der Waals surface area contributed by atoms with Crippen LogP contribution in [0.15, 0.2) is 47.7 Å². The topological polar surface area (TPSA) is 91.0 Å². The molecule has 3 rings (SSSR count). The Hall–Kier alpha value is -3.00.